The maximum Gasteiger partial charge on any atom is 0.327 e. The fourth-order valence-electron chi connectivity index (χ4n) is 1.80. The number of hydrogen-bond acceptors (Lipinski definition) is 4. The molecule has 1 aliphatic rings. The van der Waals surface area contributed by atoms with Gasteiger partial charge in [0.25, 0.3) is 0 Å². The van der Waals surface area contributed by atoms with Crippen LogP contribution in [0.3, 0.4) is 0 Å². The number of anilines is 1. The van der Waals surface area contributed by atoms with Crippen LogP contribution in [0.5, 0.6) is 0 Å². The Morgan fingerprint density at radius 3 is 3.14 bits per heavy atom. The maximum absolute atomic E-state index is 11.5. The fraction of sp³-hybridized carbons (Fsp3) is 0.375. The van der Waals surface area contributed by atoms with Crippen molar-refractivity contribution in [3.05, 3.63) is 16.3 Å². The standard InChI is InChI=1S/C8H9N5O/c1-4-10-6-5-7(11-4)12-8(14)13(5)3-2-9-6/h2-3H2,1H3,(H2,9,10,11,12,14). The molecule has 0 aromatic carbocycles. The first-order valence-electron chi connectivity index (χ1n) is 4.47. The van der Waals surface area contributed by atoms with Gasteiger partial charge >= 0.3 is 5.69 Å². The highest BCUT2D eigenvalue weighted by Crippen LogP contribution is 2.20. The molecule has 0 amide bonds. The summed E-state index contributed by atoms with van der Waals surface area (Å²) in [5.41, 5.74) is 1.29. The zero-order valence-corrected chi connectivity index (χ0v) is 7.66. The third-order valence-corrected chi connectivity index (χ3v) is 2.36. The molecule has 0 unspecified atom stereocenters. The molecule has 3 heterocycles. The van der Waals surface area contributed by atoms with Gasteiger partial charge in [-0.05, 0) is 6.92 Å². The molecule has 1 aliphatic heterocycles. The van der Waals surface area contributed by atoms with Crippen LogP contribution in [0.2, 0.25) is 0 Å². The van der Waals surface area contributed by atoms with Crippen LogP contribution < -0.4 is 11.0 Å². The molecule has 0 atom stereocenters. The van der Waals surface area contributed by atoms with Gasteiger partial charge in [-0.2, -0.15) is 0 Å². The number of hydrogen-bond donors (Lipinski definition) is 2. The predicted molar refractivity (Wildman–Crippen MR) is 51.4 cm³/mol. The summed E-state index contributed by atoms with van der Waals surface area (Å²) in [6.45, 7) is 3.20. The number of imidazole rings is 1. The van der Waals surface area contributed by atoms with Crippen molar-refractivity contribution in [2.24, 2.45) is 0 Å². The SMILES string of the molecule is Cc1nc2c3c(n1)[nH]c(=O)n3CCN2. The lowest BCUT2D eigenvalue weighted by Gasteiger charge is -2.14. The second-order valence-electron chi connectivity index (χ2n) is 3.33. The van der Waals surface area contributed by atoms with Crippen LogP contribution in [0.1, 0.15) is 5.82 Å². The van der Waals surface area contributed by atoms with Gasteiger partial charge in [-0.1, -0.05) is 0 Å². The second-order valence-corrected chi connectivity index (χ2v) is 3.33. The molecule has 2 aromatic heterocycles. The molecule has 0 spiro atoms. The highest BCUT2D eigenvalue weighted by atomic mass is 16.1. The Kier molecular flexibility index (Phi) is 1.26. The van der Waals surface area contributed by atoms with Crippen molar-refractivity contribution in [1.82, 2.24) is 19.5 Å². The number of nitrogens with one attached hydrogen (secondary N) is 2. The van der Waals surface area contributed by atoms with Crippen LogP contribution >= 0.6 is 0 Å². The molecular formula is C8H9N5O. The van der Waals surface area contributed by atoms with E-state index in [1.54, 1.807) is 4.57 Å². The first-order chi connectivity index (χ1) is 6.75. The van der Waals surface area contributed by atoms with E-state index in [0.29, 0.717) is 18.0 Å². The van der Waals surface area contributed by atoms with E-state index in [4.69, 9.17) is 0 Å². The quantitative estimate of drug-likeness (QED) is 0.607. The summed E-state index contributed by atoms with van der Waals surface area (Å²) in [5.74, 6) is 1.41. The van der Waals surface area contributed by atoms with Gasteiger partial charge in [0.1, 0.15) is 11.3 Å². The van der Waals surface area contributed by atoms with Crippen LogP contribution in [-0.4, -0.2) is 26.1 Å². The Hall–Kier alpha value is -1.85. The van der Waals surface area contributed by atoms with Gasteiger partial charge in [0.2, 0.25) is 0 Å². The highest BCUT2D eigenvalue weighted by Gasteiger charge is 2.17. The van der Waals surface area contributed by atoms with Crippen molar-refractivity contribution in [1.29, 1.82) is 0 Å². The largest absolute Gasteiger partial charge is 0.366 e. The minimum Gasteiger partial charge on any atom is -0.366 e. The second kappa shape index (κ2) is 2.34. The lowest BCUT2D eigenvalue weighted by Crippen LogP contribution is -2.25. The zero-order valence-electron chi connectivity index (χ0n) is 7.66. The molecule has 0 bridgehead atoms. The molecule has 2 aromatic rings. The van der Waals surface area contributed by atoms with E-state index in [1.807, 2.05) is 6.92 Å². The van der Waals surface area contributed by atoms with Crippen LogP contribution in [0, 0.1) is 6.92 Å². The van der Waals surface area contributed by atoms with E-state index in [-0.39, 0.29) is 5.69 Å². The van der Waals surface area contributed by atoms with Crippen LogP contribution in [-0.2, 0) is 6.54 Å². The molecule has 0 saturated heterocycles. The molecule has 2 N–H and O–H groups in total. The van der Waals surface area contributed by atoms with Gasteiger partial charge in [-0.25, -0.2) is 14.8 Å². The Bertz CT molecular complexity index is 567. The summed E-state index contributed by atoms with van der Waals surface area (Å²) < 4.78 is 1.67. The third-order valence-electron chi connectivity index (χ3n) is 2.36. The van der Waals surface area contributed by atoms with Gasteiger partial charge < -0.3 is 5.32 Å². The lowest BCUT2D eigenvalue weighted by molar-refractivity contribution is 0.703. The smallest absolute Gasteiger partial charge is 0.327 e. The van der Waals surface area contributed by atoms with E-state index in [9.17, 15) is 4.79 Å². The monoisotopic (exact) mass is 191 g/mol. The summed E-state index contributed by atoms with van der Waals surface area (Å²) in [5, 5.41) is 3.15. The van der Waals surface area contributed by atoms with Crippen LogP contribution in [0.4, 0.5) is 5.82 Å². The van der Waals surface area contributed by atoms with Crippen molar-refractivity contribution >= 4 is 17.0 Å². The summed E-state index contributed by atoms with van der Waals surface area (Å²) in [6.07, 6.45) is 0. The molecule has 72 valence electrons. The van der Waals surface area contributed by atoms with Crippen molar-refractivity contribution in [3.8, 4) is 0 Å². The molecule has 0 saturated carbocycles. The number of aryl methyl sites for hydroxylation is 1. The molecule has 14 heavy (non-hydrogen) atoms. The third kappa shape index (κ3) is 0.822. The maximum atomic E-state index is 11.5. The summed E-state index contributed by atoms with van der Waals surface area (Å²) >= 11 is 0. The summed E-state index contributed by atoms with van der Waals surface area (Å²) in [6, 6.07) is 0. The van der Waals surface area contributed by atoms with Gasteiger partial charge in [0.15, 0.2) is 11.5 Å². The molecule has 0 radical (unpaired) electrons. The van der Waals surface area contributed by atoms with Crippen LogP contribution in [0.25, 0.3) is 11.2 Å². The molecule has 0 aliphatic carbocycles. The Morgan fingerprint density at radius 2 is 2.29 bits per heavy atom. The molecule has 6 nitrogen and oxygen atoms in total. The van der Waals surface area contributed by atoms with Crippen LogP contribution in [0.15, 0.2) is 4.79 Å². The van der Waals surface area contributed by atoms with Gasteiger partial charge in [-0.3, -0.25) is 9.55 Å². The number of H-pyrrole nitrogens is 1. The number of aromatic amines is 1. The van der Waals surface area contributed by atoms with Crippen molar-refractivity contribution in [2.75, 3.05) is 11.9 Å². The first kappa shape index (κ1) is 7.54. The van der Waals surface area contributed by atoms with Crippen molar-refractivity contribution in [2.45, 2.75) is 13.5 Å². The number of nitrogens with zero attached hydrogens (tertiary/aromatic N) is 3. The lowest BCUT2D eigenvalue weighted by atomic mass is 10.4. The van der Waals surface area contributed by atoms with E-state index in [1.165, 1.54) is 0 Å². The van der Waals surface area contributed by atoms with E-state index < -0.39 is 0 Å². The Balaban J connectivity index is 2.55. The topological polar surface area (TPSA) is 75.6 Å². The van der Waals surface area contributed by atoms with Crippen molar-refractivity contribution < 1.29 is 0 Å². The van der Waals surface area contributed by atoms with E-state index in [2.05, 4.69) is 20.3 Å². The van der Waals surface area contributed by atoms with Gasteiger partial charge in [0.05, 0.1) is 0 Å². The number of rotatable bonds is 0. The molecule has 0 fully saturated rings. The minimum absolute atomic E-state index is 0.109. The number of aromatic nitrogens is 4. The zero-order chi connectivity index (χ0) is 9.71. The molecular weight excluding hydrogens is 182 g/mol. The fourth-order valence-corrected chi connectivity index (χ4v) is 1.80. The van der Waals surface area contributed by atoms with Gasteiger partial charge in [0, 0.05) is 13.1 Å². The average Bonchev–Trinajstić information content (AvgIpc) is 2.45. The summed E-state index contributed by atoms with van der Waals surface area (Å²) in [7, 11) is 0. The van der Waals surface area contributed by atoms with Gasteiger partial charge in [-0.15, -0.1) is 0 Å². The normalized spacial score (nSPS) is 14.4. The van der Waals surface area contributed by atoms with E-state index >= 15 is 0 Å². The first-order valence-corrected chi connectivity index (χ1v) is 4.47. The minimum atomic E-state index is -0.109. The highest BCUT2D eigenvalue weighted by molar-refractivity contribution is 5.83. The molecule has 6 heteroatoms. The average molecular weight is 191 g/mol. The van der Waals surface area contributed by atoms with Crippen molar-refractivity contribution in [3.63, 3.8) is 0 Å². The Labute approximate surface area is 79.0 Å². The molecule has 3 rings (SSSR count). The summed E-state index contributed by atoms with van der Waals surface area (Å²) in [4.78, 5) is 22.6. The predicted octanol–water partition coefficient (Wildman–Crippen LogP) is -0.146. The Morgan fingerprint density at radius 1 is 1.43 bits per heavy atom. The van der Waals surface area contributed by atoms with E-state index in [0.717, 1.165) is 17.9 Å².